The van der Waals surface area contributed by atoms with E-state index in [1.807, 2.05) is 25.1 Å². The molecular formula is C19H27N3O4. The van der Waals surface area contributed by atoms with Gasteiger partial charge >= 0.3 is 12.0 Å². The van der Waals surface area contributed by atoms with Gasteiger partial charge in [0.2, 0.25) is 5.91 Å². The van der Waals surface area contributed by atoms with E-state index < -0.39 is 12.0 Å². The minimum Gasteiger partial charge on any atom is -0.480 e. The molecule has 0 spiro atoms. The predicted octanol–water partition coefficient (Wildman–Crippen LogP) is 2.69. The van der Waals surface area contributed by atoms with E-state index in [0.717, 1.165) is 12.8 Å². The molecule has 0 radical (unpaired) electrons. The van der Waals surface area contributed by atoms with Crippen molar-refractivity contribution in [2.24, 2.45) is 5.92 Å². The lowest BCUT2D eigenvalue weighted by Crippen LogP contribution is -2.50. The highest BCUT2D eigenvalue weighted by molar-refractivity contribution is 5.90. The molecule has 3 N–H and O–H groups in total. The van der Waals surface area contributed by atoms with Crippen LogP contribution in [0.4, 0.5) is 10.5 Å². The van der Waals surface area contributed by atoms with Gasteiger partial charge in [0.1, 0.15) is 6.04 Å². The van der Waals surface area contributed by atoms with Crippen LogP contribution in [0, 0.1) is 5.92 Å². The van der Waals surface area contributed by atoms with Crippen molar-refractivity contribution in [3.05, 3.63) is 30.3 Å². The summed E-state index contributed by atoms with van der Waals surface area (Å²) in [5.74, 6) is -1.68. The maximum absolute atomic E-state index is 12.5. The number of unbranched alkanes of at least 4 members (excludes halogenated alkanes) is 1. The Hall–Kier alpha value is -2.57. The Balaban J connectivity index is 1.90. The zero-order chi connectivity index (χ0) is 18.9. The van der Waals surface area contributed by atoms with Gasteiger partial charge in [-0.1, -0.05) is 38.0 Å². The van der Waals surface area contributed by atoms with E-state index in [4.69, 9.17) is 0 Å². The van der Waals surface area contributed by atoms with E-state index in [9.17, 15) is 19.5 Å². The van der Waals surface area contributed by atoms with Crippen molar-refractivity contribution in [2.45, 2.75) is 45.1 Å². The number of carboxylic acids is 1. The molecule has 1 aliphatic rings. The van der Waals surface area contributed by atoms with Gasteiger partial charge in [-0.2, -0.15) is 0 Å². The quantitative estimate of drug-likeness (QED) is 0.695. The summed E-state index contributed by atoms with van der Waals surface area (Å²) in [5, 5.41) is 14.7. The molecule has 2 atom stereocenters. The van der Waals surface area contributed by atoms with Gasteiger partial charge in [0, 0.05) is 18.8 Å². The van der Waals surface area contributed by atoms with Crippen LogP contribution in [0.2, 0.25) is 0 Å². The minimum atomic E-state index is -1.01. The number of hydrogen-bond donors (Lipinski definition) is 3. The fourth-order valence-electron chi connectivity index (χ4n) is 3.05. The second-order valence-electron chi connectivity index (χ2n) is 6.62. The molecule has 142 valence electrons. The number of carbonyl (C=O) groups is 3. The largest absolute Gasteiger partial charge is 0.480 e. The summed E-state index contributed by atoms with van der Waals surface area (Å²) in [6, 6.07) is 8.04. The first-order valence-corrected chi connectivity index (χ1v) is 9.15. The number of amides is 3. The number of aliphatic carboxylic acids is 1. The third-order valence-corrected chi connectivity index (χ3v) is 4.57. The predicted molar refractivity (Wildman–Crippen MR) is 98.8 cm³/mol. The molecule has 1 aromatic rings. The smallest absolute Gasteiger partial charge is 0.326 e. The van der Waals surface area contributed by atoms with E-state index >= 15 is 0 Å². The molecule has 0 saturated carbocycles. The molecule has 7 nitrogen and oxygen atoms in total. The number of likely N-dealkylation sites (tertiary alicyclic amines) is 1. The molecule has 1 heterocycles. The monoisotopic (exact) mass is 361 g/mol. The summed E-state index contributed by atoms with van der Waals surface area (Å²) in [6.45, 7) is 2.86. The molecule has 0 aliphatic carbocycles. The molecule has 0 bridgehead atoms. The molecule has 1 saturated heterocycles. The average Bonchev–Trinajstić information content (AvgIpc) is 2.65. The first-order chi connectivity index (χ1) is 12.5. The highest BCUT2D eigenvalue weighted by Crippen LogP contribution is 2.18. The van der Waals surface area contributed by atoms with Gasteiger partial charge in [0.05, 0.1) is 5.92 Å². The number of urea groups is 1. The molecule has 0 aromatic heterocycles. The van der Waals surface area contributed by atoms with Gasteiger partial charge in [0.15, 0.2) is 0 Å². The number of benzene rings is 1. The van der Waals surface area contributed by atoms with Crippen LogP contribution in [0.5, 0.6) is 0 Å². The number of anilines is 1. The summed E-state index contributed by atoms with van der Waals surface area (Å²) in [4.78, 5) is 37.8. The van der Waals surface area contributed by atoms with Crippen LogP contribution in [-0.4, -0.2) is 47.0 Å². The number of hydrogen-bond acceptors (Lipinski definition) is 3. The average molecular weight is 361 g/mol. The maximum atomic E-state index is 12.5. The highest BCUT2D eigenvalue weighted by Gasteiger charge is 2.30. The fraction of sp³-hybridized carbons (Fsp3) is 0.526. The number of para-hydroxylation sites is 1. The first kappa shape index (κ1) is 19.8. The van der Waals surface area contributed by atoms with E-state index in [-0.39, 0.29) is 17.9 Å². The standard InChI is InChI=1S/C19H27N3O4/c1-2-3-11-16(18(24)25)21-17(23)14-8-7-12-22(13-14)19(26)20-15-9-5-4-6-10-15/h4-6,9-10,14,16H,2-3,7-8,11-13H2,1H3,(H,20,26)(H,21,23)(H,24,25). The van der Waals surface area contributed by atoms with Gasteiger partial charge in [-0.05, 0) is 31.4 Å². The maximum Gasteiger partial charge on any atom is 0.326 e. The summed E-state index contributed by atoms with van der Waals surface area (Å²) in [6.07, 6.45) is 3.40. The van der Waals surface area contributed by atoms with Crippen molar-refractivity contribution in [3.8, 4) is 0 Å². The zero-order valence-corrected chi connectivity index (χ0v) is 15.1. The number of carboxylic acid groups (broad SMARTS) is 1. The van der Waals surface area contributed by atoms with Crippen molar-refractivity contribution in [3.63, 3.8) is 0 Å². The first-order valence-electron chi connectivity index (χ1n) is 9.15. The molecule has 2 unspecified atom stereocenters. The SMILES string of the molecule is CCCCC(NC(=O)C1CCCN(C(=O)Nc2ccccc2)C1)C(=O)O. The summed E-state index contributed by atoms with van der Waals surface area (Å²) >= 11 is 0. The van der Waals surface area contributed by atoms with Gasteiger partial charge in [0.25, 0.3) is 0 Å². The normalized spacial score (nSPS) is 18.0. The second kappa shape index (κ2) is 9.79. The molecule has 1 aliphatic heterocycles. The van der Waals surface area contributed by atoms with Crippen LogP contribution < -0.4 is 10.6 Å². The molecule has 3 amide bonds. The Morgan fingerprint density at radius 2 is 2.00 bits per heavy atom. The second-order valence-corrected chi connectivity index (χ2v) is 6.62. The van der Waals surface area contributed by atoms with Crippen molar-refractivity contribution in [1.29, 1.82) is 0 Å². The van der Waals surface area contributed by atoms with E-state index in [1.54, 1.807) is 17.0 Å². The summed E-state index contributed by atoms with van der Waals surface area (Å²) < 4.78 is 0. The molecule has 2 rings (SSSR count). The van der Waals surface area contributed by atoms with Crippen LogP contribution in [0.1, 0.15) is 39.0 Å². The number of nitrogens with zero attached hydrogens (tertiary/aromatic N) is 1. The Labute approximate surface area is 153 Å². The van der Waals surface area contributed by atoms with Crippen LogP contribution in [0.25, 0.3) is 0 Å². The fourth-order valence-corrected chi connectivity index (χ4v) is 3.05. The molecule has 1 aromatic carbocycles. The highest BCUT2D eigenvalue weighted by atomic mass is 16.4. The number of piperidine rings is 1. The Morgan fingerprint density at radius 1 is 1.27 bits per heavy atom. The zero-order valence-electron chi connectivity index (χ0n) is 15.1. The molecular weight excluding hydrogens is 334 g/mol. The number of nitrogens with one attached hydrogen (secondary N) is 2. The van der Waals surface area contributed by atoms with Gasteiger partial charge in [-0.25, -0.2) is 9.59 Å². The van der Waals surface area contributed by atoms with Crippen molar-refractivity contribution < 1.29 is 19.5 Å². The third-order valence-electron chi connectivity index (χ3n) is 4.57. The van der Waals surface area contributed by atoms with E-state index in [1.165, 1.54) is 0 Å². The minimum absolute atomic E-state index is 0.241. The van der Waals surface area contributed by atoms with Crippen molar-refractivity contribution in [1.82, 2.24) is 10.2 Å². The van der Waals surface area contributed by atoms with E-state index in [2.05, 4.69) is 10.6 Å². The third kappa shape index (κ3) is 5.75. The lowest BCUT2D eigenvalue weighted by Gasteiger charge is -2.32. The molecule has 26 heavy (non-hydrogen) atoms. The van der Waals surface area contributed by atoms with Gasteiger partial charge in [-0.15, -0.1) is 0 Å². The Bertz CT molecular complexity index is 620. The lowest BCUT2D eigenvalue weighted by atomic mass is 9.96. The Morgan fingerprint density at radius 3 is 2.65 bits per heavy atom. The van der Waals surface area contributed by atoms with Crippen LogP contribution in [0.15, 0.2) is 30.3 Å². The van der Waals surface area contributed by atoms with Gasteiger partial charge < -0.3 is 20.6 Å². The number of rotatable bonds is 7. The van der Waals surface area contributed by atoms with Crippen molar-refractivity contribution >= 4 is 23.6 Å². The summed E-state index contributed by atoms with van der Waals surface area (Å²) in [7, 11) is 0. The van der Waals surface area contributed by atoms with Crippen LogP contribution in [-0.2, 0) is 9.59 Å². The number of carbonyl (C=O) groups excluding carboxylic acids is 2. The lowest BCUT2D eigenvalue weighted by molar-refractivity contribution is -0.143. The van der Waals surface area contributed by atoms with Crippen LogP contribution >= 0.6 is 0 Å². The molecule has 1 fully saturated rings. The molecule has 7 heteroatoms. The van der Waals surface area contributed by atoms with Gasteiger partial charge in [-0.3, -0.25) is 4.79 Å². The Kier molecular flexibility index (Phi) is 7.44. The summed E-state index contributed by atoms with van der Waals surface area (Å²) in [5.41, 5.74) is 0.703. The topological polar surface area (TPSA) is 98.7 Å². The van der Waals surface area contributed by atoms with Crippen molar-refractivity contribution in [2.75, 3.05) is 18.4 Å². The van der Waals surface area contributed by atoms with Crippen LogP contribution in [0.3, 0.4) is 0 Å². The van der Waals surface area contributed by atoms with E-state index in [0.29, 0.717) is 38.0 Å².